The molecule has 0 saturated carbocycles. The van der Waals surface area contributed by atoms with Crippen LogP contribution in [0.3, 0.4) is 0 Å². The second kappa shape index (κ2) is 11.6. The van der Waals surface area contributed by atoms with Crippen molar-refractivity contribution in [3.63, 3.8) is 0 Å². The van der Waals surface area contributed by atoms with Crippen molar-refractivity contribution in [3.8, 4) is 5.75 Å². The van der Waals surface area contributed by atoms with Crippen LogP contribution in [0, 0.1) is 13.8 Å². The topological polar surface area (TPSA) is 58.6 Å². The van der Waals surface area contributed by atoms with E-state index in [2.05, 4.69) is 5.32 Å². The van der Waals surface area contributed by atoms with Crippen LogP contribution in [-0.2, 0) is 16.1 Å². The zero-order valence-corrected chi connectivity index (χ0v) is 20.4. The van der Waals surface area contributed by atoms with Gasteiger partial charge in [0.2, 0.25) is 5.91 Å². The van der Waals surface area contributed by atoms with E-state index < -0.39 is 6.04 Å². The van der Waals surface area contributed by atoms with Crippen LogP contribution >= 0.6 is 34.8 Å². The van der Waals surface area contributed by atoms with Gasteiger partial charge in [-0.1, -0.05) is 47.8 Å². The molecule has 2 rings (SSSR count). The summed E-state index contributed by atoms with van der Waals surface area (Å²) in [5, 5.41) is 4.39. The van der Waals surface area contributed by atoms with E-state index in [4.69, 9.17) is 39.5 Å². The van der Waals surface area contributed by atoms with E-state index in [1.807, 2.05) is 27.7 Å². The third-order valence-corrected chi connectivity index (χ3v) is 6.05. The molecule has 2 amide bonds. The molecule has 8 heteroatoms. The molecule has 31 heavy (non-hydrogen) atoms. The average Bonchev–Trinajstić information content (AvgIpc) is 2.71. The summed E-state index contributed by atoms with van der Waals surface area (Å²) in [6, 6.07) is 7.98. The number of carbonyl (C=O) groups excluding carboxylic acids is 2. The average molecular weight is 486 g/mol. The van der Waals surface area contributed by atoms with Crippen molar-refractivity contribution >= 4 is 46.6 Å². The highest BCUT2D eigenvalue weighted by Gasteiger charge is 2.29. The molecule has 5 nitrogen and oxygen atoms in total. The molecule has 2 aromatic carbocycles. The SMILES string of the molecule is CCNC(=O)C(CC)N(Cc1ccc(Cl)cc1Cl)C(=O)COc1cc(C)c(Cl)c(C)c1. The van der Waals surface area contributed by atoms with Gasteiger partial charge < -0.3 is 15.0 Å². The largest absolute Gasteiger partial charge is 0.484 e. The van der Waals surface area contributed by atoms with Crippen molar-refractivity contribution in [2.24, 2.45) is 0 Å². The molecule has 0 fully saturated rings. The number of carbonyl (C=O) groups is 2. The Morgan fingerprint density at radius 2 is 1.71 bits per heavy atom. The second-order valence-electron chi connectivity index (χ2n) is 7.24. The van der Waals surface area contributed by atoms with Gasteiger partial charge in [-0.25, -0.2) is 0 Å². The van der Waals surface area contributed by atoms with Crippen molar-refractivity contribution in [1.29, 1.82) is 0 Å². The Hall–Kier alpha value is -1.95. The highest BCUT2D eigenvalue weighted by Crippen LogP contribution is 2.27. The number of nitrogens with zero attached hydrogens (tertiary/aromatic N) is 1. The van der Waals surface area contributed by atoms with Crippen LogP contribution in [0.5, 0.6) is 5.75 Å². The third kappa shape index (κ3) is 6.76. The van der Waals surface area contributed by atoms with E-state index in [1.54, 1.807) is 30.3 Å². The monoisotopic (exact) mass is 484 g/mol. The van der Waals surface area contributed by atoms with Crippen LogP contribution in [0.4, 0.5) is 0 Å². The van der Waals surface area contributed by atoms with Crippen LogP contribution < -0.4 is 10.1 Å². The molecule has 0 bridgehead atoms. The number of rotatable bonds is 9. The van der Waals surface area contributed by atoms with Crippen molar-refractivity contribution in [2.75, 3.05) is 13.2 Å². The van der Waals surface area contributed by atoms with Gasteiger partial charge in [0.05, 0.1) is 0 Å². The molecule has 0 spiro atoms. The van der Waals surface area contributed by atoms with E-state index in [-0.39, 0.29) is 25.0 Å². The normalized spacial score (nSPS) is 11.7. The lowest BCUT2D eigenvalue weighted by Crippen LogP contribution is -2.50. The highest BCUT2D eigenvalue weighted by atomic mass is 35.5. The van der Waals surface area contributed by atoms with E-state index in [9.17, 15) is 9.59 Å². The number of aryl methyl sites for hydroxylation is 2. The van der Waals surface area contributed by atoms with Crippen LogP contribution in [0.2, 0.25) is 15.1 Å². The standard InChI is InChI=1S/C23H27Cl3N2O3/c1-5-20(23(30)27-6-2)28(12-16-7-8-17(24)11-19(16)25)21(29)13-31-18-9-14(3)22(26)15(4)10-18/h7-11,20H,5-6,12-13H2,1-4H3,(H,27,30). The molecule has 1 unspecified atom stereocenters. The van der Waals surface area contributed by atoms with E-state index in [0.29, 0.717) is 39.3 Å². The number of benzene rings is 2. The number of halogens is 3. The maximum Gasteiger partial charge on any atom is 0.261 e. The molecule has 2 aromatic rings. The number of ether oxygens (including phenoxy) is 1. The summed E-state index contributed by atoms with van der Waals surface area (Å²) in [7, 11) is 0. The van der Waals surface area contributed by atoms with Gasteiger partial charge in [0.1, 0.15) is 11.8 Å². The summed E-state index contributed by atoms with van der Waals surface area (Å²) >= 11 is 18.5. The van der Waals surface area contributed by atoms with Crippen LogP contribution in [0.15, 0.2) is 30.3 Å². The quantitative estimate of drug-likeness (QED) is 0.504. The molecular weight excluding hydrogens is 459 g/mol. The summed E-state index contributed by atoms with van der Waals surface area (Å²) in [5.41, 5.74) is 2.42. The molecule has 0 aromatic heterocycles. The van der Waals surface area contributed by atoms with Crippen molar-refractivity contribution < 1.29 is 14.3 Å². The van der Waals surface area contributed by atoms with Gasteiger partial charge in [-0.2, -0.15) is 0 Å². The fourth-order valence-electron chi connectivity index (χ4n) is 3.26. The van der Waals surface area contributed by atoms with Crippen molar-refractivity contribution in [2.45, 2.75) is 46.7 Å². The summed E-state index contributed by atoms with van der Waals surface area (Å²) in [4.78, 5) is 27.3. The number of likely N-dealkylation sites (N-methyl/N-ethyl adjacent to an activating group) is 1. The minimum Gasteiger partial charge on any atom is -0.484 e. The Morgan fingerprint density at radius 1 is 1.06 bits per heavy atom. The number of hydrogen-bond donors (Lipinski definition) is 1. The molecule has 0 aliphatic heterocycles. The zero-order chi connectivity index (χ0) is 23.1. The van der Waals surface area contributed by atoms with Gasteiger partial charge in [-0.15, -0.1) is 0 Å². The highest BCUT2D eigenvalue weighted by molar-refractivity contribution is 6.35. The fourth-order valence-corrected chi connectivity index (χ4v) is 3.84. The van der Waals surface area contributed by atoms with Gasteiger partial charge >= 0.3 is 0 Å². The lowest BCUT2D eigenvalue weighted by atomic mass is 10.1. The zero-order valence-electron chi connectivity index (χ0n) is 18.1. The smallest absolute Gasteiger partial charge is 0.261 e. The molecule has 0 aliphatic rings. The lowest BCUT2D eigenvalue weighted by Gasteiger charge is -2.30. The van der Waals surface area contributed by atoms with E-state index in [1.165, 1.54) is 4.90 Å². The first kappa shape index (κ1) is 25.3. The predicted octanol–water partition coefficient (Wildman–Crippen LogP) is 5.59. The Morgan fingerprint density at radius 3 is 2.26 bits per heavy atom. The van der Waals surface area contributed by atoms with Crippen LogP contribution in [0.1, 0.15) is 37.0 Å². The first-order valence-electron chi connectivity index (χ1n) is 10.1. The first-order valence-corrected chi connectivity index (χ1v) is 11.2. The Kier molecular flexibility index (Phi) is 9.48. The molecular formula is C23H27Cl3N2O3. The van der Waals surface area contributed by atoms with Gasteiger partial charge in [0, 0.05) is 28.2 Å². The van der Waals surface area contributed by atoms with Crippen LogP contribution in [-0.4, -0.2) is 35.9 Å². The number of amides is 2. The summed E-state index contributed by atoms with van der Waals surface area (Å²) in [6.45, 7) is 7.85. The molecule has 1 N–H and O–H groups in total. The van der Waals surface area contributed by atoms with Gasteiger partial charge in [-0.05, 0) is 68.1 Å². The van der Waals surface area contributed by atoms with E-state index >= 15 is 0 Å². The summed E-state index contributed by atoms with van der Waals surface area (Å²) < 4.78 is 5.75. The second-order valence-corrected chi connectivity index (χ2v) is 8.46. The van der Waals surface area contributed by atoms with E-state index in [0.717, 1.165) is 11.1 Å². The maximum atomic E-state index is 13.2. The van der Waals surface area contributed by atoms with Crippen LogP contribution in [0.25, 0.3) is 0 Å². The third-order valence-electron chi connectivity index (χ3n) is 4.86. The fraction of sp³-hybridized carbons (Fsp3) is 0.391. The van der Waals surface area contributed by atoms with Crippen molar-refractivity contribution in [3.05, 3.63) is 62.1 Å². The minimum absolute atomic E-state index is 0.159. The minimum atomic E-state index is -0.656. The lowest BCUT2D eigenvalue weighted by molar-refractivity contribution is -0.142. The first-order chi connectivity index (χ1) is 14.7. The molecule has 168 valence electrons. The summed E-state index contributed by atoms with van der Waals surface area (Å²) in [6.07, 6.45) is 0.446. The molecule has 0 saturated heterocycles. The Bertz CT molecular complexity index is 927. The molecule has 1 atom stereocenters. The Balaban J connectivity index is 2.27. The molecule has 0 heterocycles. The number of nitrogens with one attached hydrogen (secondary N) is 1. The molecule has 0 aliphatic carbocycles. The predicted molar refractivity (Wildman–Crippen MR) is 126 cm³/mol. The van der Waals surface area contributed by atoms with Crippen molar-refractivity contribution in [1.82, 2.24) is 10.2 Å². The number of hydrogen-bond acceptors (Lipinski definition) is 3. The maximum absolute atomic E-state index is 13.2. The Labute approximate surface area is 198 Å². The molecule has 0 radical (unpaired) electrons. The van der Waals surface area contributed by atoms with Gasteiger partial charge in [-0.3, -0.25) is 9.59 Å². The summed E-state index contributed by atoms with van der Waals surface area (Å²) in [5.74, 6) is -0.000669. The van der Waals surface area contributed by atoms with Gasteiger partial charge in [0.15, 0.2) is 6.61 Å². The van der Waals surface area contributed by atoms with Gasteiger partial charge in [0.25, 0.3) is 5.91 Å².